The summed E-state index contributed by atoms with van der Waals surface area (Å²) in [4.78, 5) is 0.170. The minimum Gasteiger partial charge on any atom is -0.207 e. The number of tetrazole rings is 1. The Morgan fingerprint density at radius 1 is 1.35 bits per heavy atom. The predicted molar refractivity (Wildman–Crippen MR) is 62.3 cm³/mol. The summed E-state index contributed by atoms with van der Waals surface area (Å²) in [6.45, 7) is -0.0137. The number of hydrogen-bond donors (Lipinski definition) is 2. The van der Waals surface area contributed by atoms with Gasteiger partial charge in [0.05, 0.1) is 11.4 Å². The summed E-state index contributed by atoms with van der Waals surface area (Å²) in [6, 6.07) is 6.54. The van der Waals surface area contributed by atoms with Gasteiger partial charge in [0, 0.05) is 4.47 Å². The van der Waals surface area contributed by atoms with Gasteiger partial charge in [0.1, 0.15) is 0 Å². The molecule has 0 amide bonds. The molecule has 0 aliphatic rings. The first-order valence-corrected chi connectivity index (χ1v) is 6.84. The Morgan fingerprint density at radius 2 is 2.12 bits per heavy atom. The zero-order chi connectivity index (χ0) is 12.3. The van der Waals surface area contributed by atoms with E-state index < -0.39 is 10.0 Å². The first kappa shape index (κ1) is 12.1. The Labute approximate surface area is 106 Å². The number of aromatic nitrogens is 4. The standard InChI is InChI=1S/C8H8BrN5O2S/c9-6-3-1-2-4-7(6)17(15,16)10-5-8-11-13-14-12-8/h1-4,10H,5H2,(H,11,12,13,14). The smallest absolute Gasteiger partial charge is 0.207 e. The maximum absolute atomic E-state index is 11.9. The van der Waals surface area contributed by atoms with Crippen LogP contribution in [0.25, 0.3) is 0 Å². The van der Waals surface area contributed by atoms with E-state index in [1.807, 2.05) is 0 Å². The number of hydrogen-bond acceptors (Lipinski definition) is 5. The van der Waals surface area contributed by atoms with Gasteiger partial charge >= 0.3 is 0 Å². The molecule has 1 aromatic heterocycles. The van der Waals surface area contributed by atoms with Gasteiger partial charge in [-0.2, -0.15) is 5.21 Å². The molecule has 1 aromatic carbocycles. The number of sulfonamides is 1. The Kier molecular flexibility index (Phi) is 3.50. The summed E-state index contributed by atoms with van der Waals surface area (Å²) < 4.78 is 26.7. The van der Waals surface area contributed by atoms with E-state index in [1.165, 1.54) is 6.07 Å². The third kappa shape index (κ3) is 2.87. The van der Waals surface area contributed by atoms with Crippen LogP contribution in [-0.4, -0.2) is 29.0 Å². The lowest BCUT2D eigenvalue weighted by Crippen LogP contribution is -2.24. The molecule has 7 nitrogen and oxygen atoms in total. The predicted octanol–water partition coefficient (Wildman–Crippen LogP) is 0.441. The Morgan fingerprint density at radius 3 is 2.76 bits per heavy atom. The molecule has 0 radical (unpaired) electrons. The summed E-state index contributed by atoms with van der Waals surface area (Å²) in [7, 11) is -3.59. The van der Waals surface area contributed by atoms with Gasteiger partial charge in [0.15, 0.2) is 5.82 Å². The molecule has 0 aliphatic carbocycles. The van der Waals surface area contributed by atoms with E-state index in [2.05, 4.69) is 41.3 Å². The highest BCUT2D eigenvalue weighted by molar-refractivity contribution is 9.10. The summed E-state index contributed by atoms with van der Waals surface area (Å²) in [5, 5.41) is 12.9. The van der Waals surface area contributed by atoms with Crippen molar-refractivity contribution in [1.29, 1.82) is 0 Å². The Bertz CT molecular complexity index is 598. The summed E-state index contributed by atoms with van der Waals surface area (Å²) in [5.41, 5.74) is 0. The van der Waals surface area contributed by atoms with Crippen molar-refractivity contribution < 1.29 is 8.42 Å². The molecular formula is C8H8BrN5O2S. The van der Waals surface area contributed by atoms with Crippen LogP contribution in [0.4, 0.5) is 0 Å². The molecule has 0 saturated carbocycles. The van der Waals surface area contributed by atoms with Crippen LogP contribution in [-0.2, 0) is 16.6 Å². The number of halogens is 1. The minimum atomic E-state index is -3.59. The molecule has 1 heterocycles. The van der Waals surface area contributed by atoms with E-state index in [-0.39, 0.29) is 17.3 Å². The summed E-state index contributed by atoms with van der Waals surface area (Å²) >= 11 is 3.18. The fourth-order valence-corrected chi connectivity index (χ4v) is 3.14. The average Bonchev–Trinajstić information content (AvgIpc) is 2.80. The van der Waals surface area contributed by atoms with E-state index in [0.717, 1.165) is 0 Å². The fourth-order valence-electron chi connectivity index (χ4n) is 1.16. The third-order valence-electron chi connectivity index (χ3n) is 1.94. The van der Waals surface area contributed by atoms with Gasteiger partial charge in [-0.3, -0.25) is 0 Å². The van der Waals surface area contributed by atoms with Crippen molar-refractivity contribution in [2.24, 2.45) is 0 Å². The van der Waals surface area contributed by atoms with Gasteiger partial charge in [-0.15, -0.1) is 10.2 Å². The van der Waals surface area contributed by atoms with Gasteiger partial charge in [-0.1, -0.05) is 17.3 Å². The van der Waals surface area contributed by atoms with E-state index >= 15 is 0 Å². The maximum Gasteiger partial charge on any atom is 0.242 e. The Hall–Kier alpha value is -1.32. The molecule has 17 heavy (non-hydrogen) atoms. The van der Waals surface area contributed by atoms with Crippen molar-refractivity contribution in [1.82, 2.24) is 25.3 Å². The largest absolute Gasteiger partial charge is 0.242 e. The van der Waals surface area contributed by atoms with Crippen LogP contribution in [0, 0.1) is 0 Å². The van der Waals surface area contributed by atoms with Gasteiger partial charge in [0.25, 0.3) is 0 Å². The lowest BCUT2D eigenvalue weighted by molar-refractivity contribution is 0.579. The zero-order valence-corrected chi connectivity index (χ0v) is 10.9. The first-order valence-electron chi connectivity index (χ1n) is 4.56. The van der Waals surface area contributed by atoms with Crippen LogP contribution in [0.15, 0.2) is 33.6 Å². The van der Waals surface area contributed by atoms with E-state index in [4.69, 9.17) is 0 Å². The highest BCUT2D eigenvalue weighted by Crippen LogP contribution is 2.20. The number of H-pyrrole nitrogens is 1. The second-order valence-corrected chi connectivity index (χ2v) is 5.67. The maximum atomic E-state index is 11.9. The van der Waals surface area contributed by atoms with Crippen LogP contribution >= 0.6 is 15.9 Å². The second-order valence-electron chi connectivity index (χ2n) is 3.08. The number of rotatable bonds is 4. The SMILES string of the molecule is O=S(=O)(NCc1nn[nH]n1)c1ccccc1Br. The van der Waals surface area contributed by atoms with Crippen LogP contribution in [0.3, 0.4) is 0 Å². The van der Waals surface area contributed by atoms with Crippen molar-refractivity contribution in [2.75, 3.05) is 0 Å². The van der Waals surface area contributed by atoms with Gasteiger partial charge < -0.3 is 0 Å². The van der Waals surface area contributed by atoms with Crippen LogP contribution in [0.5, 0.6) is 0 Å². The molecular weight excluding hydrogens is 310 g/mol. The highest BCUT2D eigenvalue weighted by atomic mass is 79.9. The van der Waals surface area contributed by atoms with E-state index in [9.17, 15) is 8.42 Å². The molecule has 0 fully saturated rings. The van der Waals surface area contributed by atoms with Crippen molar-refractivity contribution >= 4 is 26.0 Å². The molecule has 0 spiro atoms. The molecule has 0 saturated heterocycles. The Balaban J connectivity index is 2.17. The molecule has 0 unspecified atom stereocenters. The second kappa shape index (κ2) is 4.90. The van der Waals surface area contributed by atoms with Crippen molar-refractivity contribution in [3.8, 4) is 0 Å². The molecule has 0 bridgehead atoms. The average molecular weight is 318 g/mol. The monoisotopic (exact) mass is 317 g/mol. The first-order chi connectivity index (χ1) is 8.09. The molecule has 9 heteroatoms. The summed E-state index contributed by atoms with van der Waals surface area (Å²) in [6.07, 6.45) is 0. The van der Waals surface area contributed by atoms with Gasteiger partial charge in [-0.05, 0) is 28.1 Å². The topological polar surface area (TPSA) is 101 Å². The lowest BCUT2D eigenvalue weighted by Gasteiger charge is -2.06. The van der Waals surface area contributed by atoms with E-state index in [1.54, 1.807) is 18.2 Å². The third-order valence-corrected chi connectivity index (χ3v) is 4.35. The molecule has 0 aliphatic heterocycles. The molecule has 2 N–H and O–H groups in total. The quantitative estimate of drug-likeness (QED) is 0.852. The number of nitrogens with one attached hydrogen (secondary N) is 2. The normalized spacial score (nSPS) is 11.6. The molecule has 2 aromatic rings. The number of nitrogens with zero attached hydrogens (tertiary/aromatic N) is 3. The van der Waals surface area contributed by atoms with E-state index in [0.29, 0.717) is 4.47 Å². The zero-order valence-electron chi connectivity index (χ0n) is 8.46. The minimum absolute atomic E-state index is 0.0137. The number of aromatic amines is 1. The fraction of sp³-hybridized carbons (Fsp3) is 0.125. The molecule has 90 valence electrons. The van der Waals surface area contributed by atoms with Crippen LogP contribution in [0.1, 0.15) is 5.82 Å². The van der Waals surface area contributed by atoms with Crippen LogP contribution in [0.2, 0.25) is 0 Å². The van der Waals surface area contributed by atoms with Crippen molar-refractivity contribution in [3.05, 3.63) is 34.6 Å². The van der Waals surface area contributed by atoms with Gasteiger partial charge in [-0.25, -0.2) is 13.1 Å². The highest BCUT2D eigenvalue weighted by Gasteiger charge is 2.17. The lowest BCUT2D eigenvalue weighted by atomic mass is 10.4. The molecule has 2 rings (SSSR count). The molecule has 0 atom stereocenters. The van der Waals surface area contributed by atoms with Crippen molar-refractivity contribution in [2.45, 2.75) is 11.4 Å². The van der Waals surface area contributed by atoms with Gasteiger partial charge in [0.2, 0.25) is 10.0 Å². The van der Waals surface area contributed by atoms with Crippen LogP contribution < -0.4 is 4.72 Å². The summed E-state index contributed by atoms with van der Waals surface area (Å²) in [5.74, 6) is 0.278. The van der Waals surface area contributed by atoms with Crippen molar-refractivity contribution in [3.63, 3.8) is 0 Å². The number of benzene rings is 1.